The van der Waals surface area contributed by atoms with Gasteiger partial charge in [0.05, 0.1) is 32.0 Å². The molecule has 3 fully saturated rings. The number of morpholine rings is 1. The van der Waals surface area contributed by atoms with Crippen molar-refractivity contribution in [3.63, 3.8) is 0 Å². The van der Waals surface area contributed by atoms with Gasteiger partial charge in [-0.1, -0.05) is 26.5 Å². The van der Waals surface area contributed by atoms with E-state index in [0.29, 0.717) is 30.7 Å². The van der Waals surface area contributed by atoms with E-state index in [1.54, 1.807) is 0 Å². The highest BCUT2D eigenvalue weighted by Crippen LogP contribution is 2.48. The zero-order valence-corrected chi connectivity index (χ0v) is 24.5. The van der Waals surface area contributed by atoms with Crippen molar-refractivity contribution in [3.8, 4) is 0 Å². The first-order valence-electron chi connectivity index (χ1n) is 14.4. The van der Waals surface area contributed by atoms with Crippen LogP contribution in [0.4, 0.5) is 8.78 Å². The normalized spacial score (nSPS) is 27.7. The van der Waals surface area contributed by atoms with Crippen LogP contribution in [0.2, 0.25) is 0 Å². The highest BCUT2D eigenvalue weighted by Gasteiger charge is 2.45. The summed E-state index contributed by atoms with van der Waals surface area (Å²) in [5, 5.41) is 3.60. The van der Waals surface area contributed by atoms with E-state index in [4.69, 9.17) is 4.74 Å². The van der Waals surface area contributed by atoms with Gasteiger partial charge in [-0.15, -0.1) is 0 Å². The Balaban J connectivity index is 1.37. The van der Waals surface area contributed by atoms with Crippen LogP contribution >= 0.6 is 0 Å². The molecule has 5 rings (SSSR count). The Bertz CT molecular complexity index is 1230. The average Bonchev–Trinajstić information content (AvgIpc) is 3.17. The third-order valence-electron chi connectivity index (χ3n) is 8.88. The topological polar surface area (TPSA) is 51.3 Å². The van der Waals surface area contributed by atoms with Gasteiger partial charge in [-0.2, -0.15) is 0 Å². The molecule has 4 aliphatic heterocycles. The molecule has 4 aliphatic rings. The maximum atomic E-state index is 14.5. The number of hydrogen-bond acceptors (Lipinski definition) is 6. The fourth-order valence-corrected chi connectivity index (χ4v) is 6.63. The Morgan fingerprint density at radius 1 is 1.23 bits per heavy atom. The molecule has 0 spiro atoms. The fourth-order valence-electron chi connectivity index (χ4n) is 6.63. The highest BCUT2D eigenvalue weighted by atomic mass is 19.1. The van der Waals surface area contributed by atoms with Crippen LogP contribution in [0.1, 0.15) is 40.2 Å². The predicted octanol–water partition coefficient (Wildman–Crippen LogP) is 3.70. The molecule has 3 saturated heterocycles. The lowest BCUT2D eigenvalue weighted by molar-refractivity contribution is -0.131. The lowest BCUT2D eigenvalue weighted by Crippen LogP contribution is -2.62. The predicted molar refractivity (Wildman–Crippen MR) is 152 cm³/mol. The van der Waals surface area contributed by atoms with Gasteiger partial charge >= 0.3 is 0 Å². The smallest absolute Gasteiger partial charge is 0.241 e. The second-order valence-electron chi connectivity index (χ2n) is 12.5. The first kappa shape index (κ1) is 28.9. The Kier molecular flexibility index (Phi) is 8.21. The van der Waals surface area contributed by atoms with E-state index < -0.39 is 11.6 Å². The zero-order chi connectivity index (χ0) is 28.8. The lowest BCUT2D eigenvalue weighted by atomic mass is 9.81. The molecular formula is C31H43F2N5O2. The van der Waals surface area contributed by atoms with Crippen molar-refractivity contribution < 1.29 is 18.3 Å². The largest absolute Gasteiger partial charge is 0.379 e. The van der Waals surface area contributed by atoms with Crippen LogP contribution in [0, 0.1) is 17.0 Å². The fraction of sp³-hybridized carbons (Fsp3) is 0.581. The van der Waals surface area contributed by atoms with Gasteiger partial charge in [0.15, 0.2) is 0 Å². The molecule has 9 heteroatoms. The summed E-state index contributed by atoms with van der Waals surface area (Å²) in [7, 11) is 0. The summed E-state index contributed by atoms with van der Waals surface area (Å²) in [6, 6.07) is 4.53. The Hall–Kier alpha value is -2.59. The van der Waals surface area contributed by atoms with Gasteiger partial charge in [0.1, 0.15) is 11.6 Å². The van der Waals surface area contributed by atoms with Crippen molar-refractivity contribution in [2.75, 3.05) is 52.5 Å². The van der Waals surface area contributed by atoms with E-state index in [2.05, 4.69) is 49.4 Å². The molecule has 0 aliphatic carbocycles. The summed E-state index contributed by atoms with van der Waals surface area (Å²) in [6.45, 7) is 21.0. The third-order valence-corrected chi connectivity index (χ3v) is 8.88. The number of nitrogens with zero attached hydrogens (tertiary/aromatic N) is 4. The number of carbonyl (C=O) groups is 1. The molecule has 218 valence electrons. The first-order chi connectivity index (χ1) is 18.9. The highest BCUT2D eigenvalue weighted by molar-refractivity contribution is 5.83. The van der Waals surface area contributed by atoms with E-state index in [9.17, 15) is 13.6 Å². The Morgan fingerprint density at radius 2 is 2.00 bits per heavy atom. The number of allylic oxidation sites excluding steroid dienone is 2. The van der Waals surface area contributed by atoms with Crippen LogP contribution in [-0.2, 0) is 16.1 Å². The molecule has 0 radical (unpaired) electrons. The van der Waals surface area contributed by atoms with Crippen LogP contribution in [0.25, 0.3) is 0 Å². The van der Waals surface area contributed by atoms with E-state index in [-0.39, 0.29) is 23.9 Å². The van der Waals surface area contributed by atoms with Crippen LogP contribution in [0.3, 0.4) is 0 Å². The molecule has 0 aromatic heterocycles. The molecule has 0 saturated carbocycles. The zero-order valence-electron chi connectivity index (χ0n) is 24.5. The quantitative estimate of drug-likeness (QED) is 0.578. The van der Waals surface area contributed by atoms with E-state index in [1.165, 1.54) is 12.1 Å². The molecule has 7 nitrogen and oxygen atoms in total. The maximum Gasteiger partial charge on any atom is 0.241 e. The molecule has 0 unspecified atom stereocenters. The minimum Gasteiger partial charge on any atom is -0.379 e. The number of ether oxygens (including phenoxy) is 1. The van der Waals surface area contributed by atoms with Crippen LogP contribution in [0.5, 0.6) is 0 Å². The van der Waals surface area contributed by atoms with Crippen molar-refractivity contribution in [3.05, 3.63) is 70.7 Å². The van der Waals surface area contributed by atoms with Crippen molar-refractivity contribution in [1.82, 2.24) is 24.9 Å². The summed E-state index contributed by atoms with van der Waals surface area (Å²) in [4.78, 5) is 22.6. The molecule has 4 heterocycles. The standard InChI is InChI=1S/C31H43F2N5O2/c1-20-13-37(26(12-34-20)15-35-9-10-40-18-21(35)2)17-29(39)38-19-31(5,6)30-22(3)23(4)36(16-28(30)38)14-24-7-8-25(32)11-27(24)33/h7-8,11,16,20-21,26,34H,4,9-10,12-15,17-19H2,1-3,5-6H3/t20-,21-,26-/m1/s1. The molecule has 3 atom stereocenters. The minimum absolute atomic E-state index is 0.0664. The van der Waals surface area contributed by atoms with Crippen LogP contribution in [-0.4, -0.2) is 96.1 Å². The molecule has 40 heavy (non-hydrogen) atoms. The maximum absolute atomic E-state index is 14.5. The molecule has 1 amide bonds. The lowest BCUT2D eigenvalue weighted by Gasteiger charge is -2.43. The number of amides is 1. The average molecular weight is 556 g/mol. The summed E-state index contributed by atoms with van der Waals surface area (Å²) in [5.74, 6) is -1.13. The molecule has 1 N–H and O–H groups in total. The number of carbonyl (C=O) groups excluding carboxylic acids is 1. The number of benzene rings is 1. The number of nitrogens with one attached hydrogen (secondary N) is 1. The molecule has 1 aromatic carbocycles. The van der Waals surface area contributed by atoms with Gasteiger partial charge in [-0.25, -0.2) is 8.78 Å². The summed E-state index contributed by atoms with van der Waals surface area (Å²) in [6.07, 6.45) is 1.92. The van der Waals surface area contributed by atoms with Crippen molar-refractivity contribution >= 4 is 5.91 Å². The third kappa shape index (κ3) is 5.75. The number of hydrogen-bond donors (Lipinski definition) is 1. The molecular weight excluding hydrogens is 512 g/mol. The summed E-state index contributed by atoms with van der Waals surface area (Å²) in [5.41, 5.74) is 3.84. The molecule has 0 bridgehead atoms. The van der Waals surface area contributed by atoms with Crippen LogP contribution < -0.4 is 5.32 Å². The van der Waals surface area contributed by atoms with Gasteiger partial charge in [0.25, 0.3) is 0 Å². The van der Waals surface area contributed by atoms with Gasteiger partial charge in [-0.3, -0.25) is 14.6 Å². The monoisotopic (exact) mass is 555 g/mol. The number of rotatable bonds is 6. The minimum atomic E-state index is -0.603. The van der Waals surface area contributed by atoms with Gasteiger partial charge in [0, 0.05) is 79.8 Å². The summed E-state index contributed by atoms with van der Waals surface area (Å²) < 4.78 is 33.7. The van der Waals surface area contributed by atoms with E-state index in [0.717, 1.165) is 68.0 Å². The van der Waals surface area contributed by atoms with Gasteiger partial charge in [0.2, 0.25) is 5.91 Å². The number of piperazine rings is 1. The number of fused-ring (bicyclic) bond motifs is 1. The second-order valence-corrected chi connectivity index (χ2v) is 12.5. The number of likely N-dealkylation sites (tertiary alicyclic amines) is 1. The van der Waals surface area contributed by atoms with Crippen molar-refractivity contribution in [2.24, 2.45) is 5.41 Å². The van der Waals surface area contributed by atoms with Gasteiger partial charge in [-0.05, 0) is 38.0 Å². The van der Waals surface area contributed by atoms with Crippen LogP contribution in [0.15, 0.2) is 53.5 Å². The SMILES string of the molecule is C=C1C(C)=C2C(=CN1Cc1ccc(F)cc1F)N(C(=O)CN1C[C@@H](C)NC[C@@H]1CN1CCOC[C@H]1C)CC2(C)C. The Labute approximate surface area is 237 Å². The second kappa shape index (κ2) is 11.4. The summed E-state index contributed by atoms with van der Waals surface area (Å²) >= 11 is 0. The van der Waals surface area contributed by atoms with Crippen molar-refractivity contribution in [1.29, 1.82) is 0 Å². The number of halogens is 2. The molecule has 1 aromatic rings. The Morgan fingerprint density at radius 3 is 2.73 bits per heavy atom. The van der Waals surface area contributed by atoms with E-state index >= 15 is 0 Å². The van der Waals surface area contributed by atoms with Crippen molar-refractivity contribution in [2.45, 2.75) is 59.3 Å². The first-order valence-corrected chi connectivity index (χ1v) is 14.4. The van der Waals surface area contributed by atoms with Gasteiger partial charge < -0.3 is 19.9 Å². The van der Waals surface area contributed by atoms with E-state index in [1.807, 2.05) is 22.9 Å².